The normalized spacial score (nSPS) is 10.3. The van der Waals surface area contributed by atoms with Crippen molar-refractivity contribution in [2.24, 2.45) is 0 Å². The standard InChI is InChI=1S/C12H11N3O3/c1-8-13-5-4-10(14-8)7-15-6-9(12(17)18)2-3-11(15)16/h2-6H,7H2,1H3,(H,17,18). The van der Waals surface area contributed by atoms with Crippen molar-refractivity contribution in [3.05, 3.63) is 58.0 Å². The molecule has 0 saturated heterocycles. The van der Waals surface area contributed by atoms with E-state index in [1.807, 2.05) is 0 Å². The Bertz CT molecular complexity index is 649. The molecule has 18 heavy (non-hydrogen) atoms. The van der Waals surface area contributed by atoms with Crippen molar-refractivity contribution >= 4 is 5.97 Å². The summed E-state index contributed by atoms with van der Waals surface area (Å²) in [6.07, 6.45) is 2.91. The second kappa shape index (κ2) is 4.79. The summed E-state index contributed by atoms with van der Waals surface area (Å²) >= 11 is 0. The maximum atomic E-state index is 11.6. The van der Waals surface area contributed by atoms with Crippen molar-refractivity contribution in [1.29, 1.82) is 0 Å². The van der Waals surface area contributed by atoms with Gasteiger partial charge in [-0.15, -0.1) is 0 Å². The number of carboxylic acids is 1. The Morgan fingerprint density at radius 3 is 2.83 bits per heavy atom. The molecule has 0 amide bonds. The van der Waals surface area contributed by atoms with E-state index in [0.29, 0.717) is 11.5 Å². The Labute approximate surface area is 103 Å². The van der Waals surface area contributed by atoms with Gasteiger partial charge in [-0.1, -0.05) is 0 Å². The highest BCUT2D eigenvalue weighted by molar-refractivity contribution is 5.87. The molecule has 2 aromatic rings. The summed E-state index contributed by atoms with van der Waals surface area (Å²) in [5.41, 5.74) is 0.462. The summed E-state index contributed by atoms with van der Waals surface area (Å²) in [6.45, 7) is 1.98. The Hall–Kier alpha value is -2.50. The molecule has 6 nitrogen and oxygen atoms in total. The van der Waals surface area contributed by atoms with Crippen molar-refractivity contribution in [3.63, 3.8) is 0 Å². The van der Waals surface area contributed by atoms with Gasteiger partial charge in [0.05, 0.1) is 17.8 Å². The van der Waals surface area contributed by atoms with Crippen molar-refractivity contribution in [2.75, 3.05) is 0 Å². The van der Waals surface area contributed by atoms with Crippen LogP contribution in [0.1, 0.15) is 21.9 Å². The zero-order valence-corrected chi connectivity index (χ0v) is 9.70. The van der Waals surface area contributed by atoms with E-state index >= 15 is 0 Å². The van der Waals surface area contributed by atoms with Crippen LogP contribution < -0.4 is 5.56 Å². The van der Waals surface area contributed by atoms with E-state index in [-0.39, 0.29) is 17.7 Å². The van der Waals surface area contributed by atoms with Crippen LogP contribution in [0.2, 0.25) is 0 Å². The molecular weight excluding hydrogens is 234 g/mol. The maximum Gasteiger partial charge on any atom is 0.337 e. The number of pyridine rings is 1. The van der Waals surface area contributed by atoms with Gasteiger partial charge in [-0.2, -0.15) is 0 Å². The summed E-state index contributed by atoms with van der Waals surface area (Å²) in [6, 6.07) is 4.21. The van der Waals surface area contributed by atoms with Crippen LogP contribution in [0.5, 0.6) is 0 Å². The van der Waals surface area contributed by atoms with Gasteiger partial charge < -0.3 is 9.67 Å². The predicted molar refractivity (Wildman–Crippen MR) is 63.5 cm³/mol. The summed E-state index contributed by atoms with van der Waals surface area (Å²) < 4.78 is 1.31. The molecule has 0 radical (unpaired) electrons. The first-order valence-corrected chi connectivity index (χ1v) is 5.28. The van der Waals surface area contributed by atoms with E-state index in [0.717, 1.165) is 0 Å². The van der Waals surface area contributed by atoms with Gasteiger partial charge in [0.25, 0.3) is 5.56 Å². The molecule has 0 bridgehead atoms. The molecule has 2 heterocycles. The fraction of sp³-hybridized carbons (Fsp3) is 0.167. The summed E-state index contributed by atoms with van der Waals surface area (Å²) in [4.78, 5) is 30.6. The number of rotatable bonds is 3. The highest BCUT2D eigenvalue weighted by atomic mass is 16.4. The largest absolute Gasteiger partial charge is 0.478 e. The lowest BCUT2D eigenvalue weighted by Crippen LogP contribution is -2.21. The average molecular weight is 245 g/mol. The molecule has 0 spiro atoms. The minimum atomic E-state index is -1.07. The minimum absolute atomic E-state index is 0.0698. The Kier molecular flexibility index (Phi) is 3.18. The van der Waals surface area contributed by atoms with Gasteiger partial charge in [-0.25, -0.2) is 14.8 Å². The molecule has 0 fully saturated rings. The molecule has 0 atom stereocenters. The number of hydrogen-bond donors (Lipinski definition) is 1. The highest BCUT2D eigenvalue weighted by Crippen LogP contribution is 2.00. The van der Waals surface area contributed by atoms with E-state index in [1.54, 1.807) is 19.2 Å². The number of aromatic carboxylic acids is 1. The van der Waals surface area contributed by atoms with Crippen LogP contribution in [0, 0.1) is 6.92 Å². The molecule has 1 N–H and O–H groups in total. The first-order chi connectivity index (χ1) is 8.56. The van der Waals surface area contributed by atoms with Gasteiger partial charge in [0, 0.05) is 18.5 Å². The van der Waals surface area contributed by atoms with Crippen LogP contribution in [0.3, 0.4) is 0 Å². The molecule has 0 saturated carbocycles. The fourth-order valence-corrected chi connectivity index (χ4v) is 1.55. The molecule has 0 aliphatic carbocycles. The van der Waals surface area contributed by atoms with Crippen molar-refractivity contribution in [1.82, 2.24) is 14.5 Å². The van der Waals surface area contributed by atoms with E-state index in [2.05, 4.69) is 9.97 Å². The smallest absolute Gasteiger partial charge is 0.337 e. The molecule has 2 rings (SSSR count). The summed E-state index contributed by atoms with van der Waals surface area (Å²) in [5.74, 6) is -0.461. The lowest BCUT2D eigenvalue weighted by atomic mass is 10.3. The molecule has 0 aliphatic rings. The van der Waals surface area contributed by atoms with E-state index < -0.39 is 5.97 Å². The highest BCUT2D eigenvalue weighted by Gasteiger charge is 2.06. The van der Waals surface area contributed by atoms with Gasteiger partial charge in [-0.3, -0.25) is 4.79 Å². The van der Waals surface area contributed by atoms with Crippen LogP contribution in [-0.4, -0.2) is 25.6 Å². The summed E-state index contributed by atoms with van der Waals surface area (Å²) in [7, 11) is 0. The zero-order valence-electron chi connectivity index (χ0n) is 9.70. The van der Waals surface area contributed by atoms with Crippen LogP contribution >= 0.6 is 0 Å². The number of aryl methyl sites for hydroxylation is 1. The second-order valence-electron chi connectivity index (χ2n) is 3.78. The lowest BCUT2D eigenvalue weighted by Gasteiger charge is -2.06. The summed E-state index contributed by atoms with van der Waals surface area (Å²) in [5, 5.41) is 8.87. The topological polar surface area (TPSA) is 85.1 Å². The van der Waals surface area contributed by atoms with Crippen LogP contribution in [-0.2, 0) is 6.54 Å². The van der Waals surface area contributed by atoms with Crippen LogP contribution in [0.15, 0.2) is 35.4 Å². The van der Waals surface area contributed by atoms with Crippen molar-refractivity contribution in [3.8, 4) is 0 Å². The third kappa shape index (κ3) is 2.60. The fourth-order valence-electron chi connectivity index (χ4n) is 1.55. The number of carboxylic acid groups (broad SMARTS) is 1. The van der Waals surface area contributed by atoms with Gasteiger partial charge in [0.15, 0.2) is 0 Å². The lowest BCUT2D eigenvalue weighted by molar-refractivity contribution is 0.0696. The molecule has 0 aliphatic heterocycles. The van der Waals surface area contributed by atoms with Gasteiger partial charge >= 0.3 is 5.97 Å². The van der Waals surface area contributed by atoms with Crippen LogP contribution in [0.25, 0.3) is 0 Å². The molecule has 0 aromatic carbocycles. The van der Waals surface area contributed by atoms with Gasteiger partial charge in [0.1, 0.15) is 5.82 Å². The van der Waals surface area contributed by atoms with E-state index in [9.17, 15) is 9.59 Å². The zero-order chi connectivity index (χ0) is 13.1. The Morgan fingerprint density at radius 1 is 1.39 bits per heavy atom. The average Bonchev–Trinajstić information content (AvgIpc) is 2.31. The van der Waals surface area contributed by atoms with Crippen molar-refractivity contribution < 1.29 is 9.90 Å². The number of hydrogen-bond acceptors (Lipinski definition) is 4. The Balaban J connectivity index is 2.37. The van der Waals surface area contributed by atoms with Crippen molar-refractivity contribution in [2.45, 2.75) is 13.5 Å². The first kappa shape index (κ1) is 12.0. The Morgan fingerprint density at radius 2 is 2.17 bits per heavy atom. The van der Waals surface area contributed by atoms with Gasteiger partial charge in [0.2, 0.25) is 0 Å². The van der Waals surface area contributed by atoms with Crippen LogP contribution in [0.4, 0.5) is 0 Å². The van der Waals surface area contributed by atoms with E-state index in [4.69, 9.17) is 5.11 Å². The molecule has 6 heteroatoms. The van der Waals surface area contributed by atoms with Gasteiger partial charge in [-0.05, 0) is 19.1 Å². The second-order valence-corrected chi connectivity index (χ2v) is 3.78. The molecule has 2 aromatic heterocycles. The first-order valence-electron chi connectivity index (χ1n) is 5.28. The quantitative estimate of drug-likeness (QED) is 0.860. The SMILES string of the molecule is Cc1nccc(Cn2cc(C(=O)O)ccc2=O)n1. The molecular formula is C12H11N3O3. The minimum Gasteiger partial charge on any atom is -0.478 e. The van der Waals surface area contributed by atoms with E-state index in [1.165, 1.54) is 22.9 Å². The predicted octanol–water partition coefficient (Wildman–Crippen LogP) is 0.693. The third-order valence-electron chi connectivity index (χ3n) is 2.40. The maximum absolute atomic E-state index is 11.6. The third-order valence-corrected chi connectivity index (χ3v) is 2.40. The molecule has 92 valence electrons. The number of carbonyl (C=O) groups is 1. The number of nitrogens with zero attached hydrogens (tertiary/aromatic N) is 3. The molecule has 0 unspecified atom stereocenters. The monoisotopic (exact) mass is 245 g/mol. The number of aromatic nitrogens is 3.